The number of nitrogens with one attached hydrogen (secondary N) is 1. The van der Waals surface area contributed by atoms with Gasteiger partial charge in [-0.15, -0.1) is 0 Å². The molecule has 2 aromatic rings. The molecule has 1 N–H and O–H groups in total. The molecule has 0 atom stereocenters. The van der Waals surface area contributed by atoms with E-state index in [1.165, 1.54) is 12.1 Å². The summed E-state index contributed by atoms with van der Waals surface area (Å²) in [6.45, 7) is 0. The van der Waals surface area contributed by atoms with Gasteiger partial charge >= 0.3 is 6.18 Å². The molecular formula is C13H11F3N2O. The summed E-state index contributed by atoms with van der Waals surface area (Å²) in [5.74, 6) is -0.452. The molecule has 19 heavy (non-hydrogen) atoms. The first-order valence-corrected chi connectivity index (χ1v) is 5.48. The minimum absolute atomic E-state index is 0.112. The highest BCUT2D eigenvalue weighted by Gasteiger charge is 2.30. The van der Waals surface area contributed by atoms with Gasteiger partial charge in [0.15, 0.2) is 0 Å². The lowest BCUT2D eigenvalue weighted by Crippen LogP contribution is -2.16. The summed E-state index contributed by atoms with van der Waals surface area (Å²) >= 11 is 0. The smallest absolute Gasteiger partial charge is 0.347 e. The first kappa shape index (κ1) is 13.2. The maximum atomic E-state index is 12.5. The van der Waals surface area contributed by atoms with Crippen molar-refractivity contribution >= 4 is 11.6 Å². The number of amides is 1. The molecular weight excluding hydrogens is 257 g/mol. The number of alkyl halides is 3. The highest BCUT2D eigenvalue weighted by atomic mass is 19.4. The van der Waals surface area contributed by atoms with Gasteiger partial charge in [0.2, 0.25) is 0 Å². The van der Waals surface area contributed by atoms with E-state index < -0.39 is 17.6 Å². The number of hydrogen-bond donors (Lipinski definition) is 1. The van der Waals surface area contributed by atoms with Gasteiger partial charge in [0.1, 0.15) is 5.69 Å². The van der Waals surface area contributed by atoms with Crippen LogP contribution in [-0.2, 0) is 13.2 Å². The maximum absolute atomic E-state index is 12.5. The second-order valence-electron chi connectivity index (χ2n) is 4.04. The largest absolute Gasteiger partial charge is 0.416 e. The van der Waals surface area contributed by atoms with Crippen molar-refractivity contribution in [1.82, 2.24) is 4.57 Å². The molecule has 2 rings (SSSR count). The molecule has 0 bridgehead atoms. The average molecular weight is 268 g/mol. The Bertz CT molecular complexity index is 602. The minimum atomic E-state index is -4.42. The van der Waals surface area contributed by atoms with Crippen LogP contribution in [0, 0.1) is 0 Å². The van der Waals surface area contributed by atoms with E-state index in [2.05, 4.69) is 5.32 Å². The van der Waals surface area contributed by atoms with E-state index in [0.717, 1.165) is 12.1 Å². The van der Waals surface area contributed by atoms with Crippen LogP contribution in [0.4, 0.5) is 18.9 Å². The molecule has 0 spiro atoms. The predicted octanol–water partition coefficient (Wildman–Crippen LogP) is 3.30. The summed E-state index contributed by atoms with van der Waals surface area (Å²) < 4.78 is 39.2. The zero-order chi connectivity index (χ0) is 14.0. The van der Waals surface area contributed by atoms with Crippen LogP contribution in [0.1, 0.15) is 16.1 Å². The van der Waals surface area contributed by atoms with Gasteiger partial charge in [0.25, 0.3) is 5.91 Å². The van der Waals surface area contributed by atoms with E-state index in [-0.39, 0.29) is 5.69 Å². The molecule has 0 aliphatic carbocycles. The second-order valence-corrected chi connectivity index (χ2v) is 4.04. The number of carbonyl (C=O) groups excluding carboxylic acids is 1. The van der Waals surface area contributed by atoms with Gasteiger partial charge < -0.3 is 9.88 Å². The Balaban J connectivity index is 2.21. The van der Waals surface area contributed by atoms with Gasteiger partial charge in [-0.2, -0.15) is 13.2 Å². The summed E-state index contributed by atoms with van der Waals surface area (Å²) in [7, 11) is 1.68. The van der Waals surface area contributed by atoms with Crippen molar-refractivity contribution in [2.75, 3.05) is 5.32 Å². The van der Waals surface area contributed by atoms with Crippen LogP contribution < -0.4 is 5.32 Å². The van der Waals surface area contributed by atoms with Crippen molar-refractivity contribution in [2.45, 2.75) is 6.18 Å². The maximum Gasteiger partial charge on any atom is 0.416 e. The Morgan fingerprint density at radius 2 is 1.95 bits per heavy atom. The van der Waals surface area contributed by atoms with Crippen LogP contribution in [0.3, 0.4) is 0 Å². The van der Waals surface area contributed by atoms with Crippen LogP contribution in [0.5, 0.6) is 0 Å². The first-order valence-electron chi connectivity index (χ1n) is 5.48. The zero-order valence-electron chi connectivity index (χ0n) is 10.0. The number of anilines is 1. The van der Waals surface area contributed by atoms with E-state index in [4.69, 9.17) is 0 Å². The first-order chi connectivity index (χ1) is 8.88. The highest BCUT2D eigenvalue weighted by molar-refractivity contribution is 6.03. The molecule has 100 valence electrons. The van der Waals surface area contributed by atoms with Crippen molar-refractivity contribution in [1.29, 1.82) is 0 Å². The normalized spacial score (nSPS) is 11.4. The molecule has 0 saturated carbocycles. The summed E-state index contributed by atoms with van der Waals surface area (Å²) in [6.07, 6.45) is -2.74. The van der Waals surface area contributed by atoms with Gasteiger partial charge in [-0.3, -0.25) is 4.79 Å². The predicted molar refractivity (Wildman–Crippen MR) is 64.8 cm³/mol. The number of benzene rings is 1. The highest BCUT2D eigenvalue weighted by Crippen LogP contribution is 2.30. The second kappa shape index (κ2) is 4.79. The molecule has 0 saturated heterocycles. The van der Waals surface area contributed by atoms with E-state index in [9.17, 15) is 18.0 Å². The third-order valence-electron chi connectivity index (χ3n) is 2.62. The monoisotopic (exact) mass is 268 g/mol. The molecule has 1 aromatic carbocycles. The molecule has 0 aliphatic rings. The molecule has 0 aliphatic heterocycles. The fourth-order valence-corrected chi connectivity index (χ4v) is 1.67. The lowest BCUT2D eigenvalue weighted by atomic mass is 10.2. The average Bonchev–Trinajstić information content (AvgIpc) is 2.75. The third-order valence-corrected chi connectivity index (χ3v) is 2.62. The van der Waals surface area contributed by atoms with Gasteiger partial charge in [0.05, 0.1) is 5.56 Å². The van der Waals surface area contributed by atoms with Crippen molar-refractivity contribution in [3.63, 3.8) is 0 Å². The van der Waals surface area contributed by atoms with Gasteiger partial charge in [-0.25, -0.2) is 0 Å². The Morgan fingerprint density at radius 3 is 2.53 bits per heavy atom. The Kier molecular flexibility index (Phi) is 3.33. The number of aryl methyl sites for hydroxylation is 1. The topological polar surface area (TPSA) is 34.0 Å². The van der Waals surface area contributed by atoms with Gasteiger partial charge in [-0.05, 0) is 30.3 Å². The van der Waals surface area contributed by atoms with Crippen molar-refractivity contribution < 1.29 is 18.0 Å². The molecule has 1 heterocycles. The van der Waals surface area contributed by atoms with E-state index in [1.54, 1.807) is 29.9 Å². The molecule has 0 unspecified atom stereocenters. The summed E-state index contributed by atoms with van der Waals surface area (Å²) in [5.41, 5.74) is -0.310. The fourth-order valence-electron chi connectivity index (χ4n) is 1.67. The summed E-state index contributed by atoms with van der Waals surface area (Å²) in [6, 6.07) is 7.79. The van der Waals surface area contributed by atoms with Gasteiger partial charge in [0, 0.05) is 18.9 Å². The molecule has 3 nitrogen and oxygen atoms in total. The molecule has 0 radical (unpaired) electrons. The van der Waals surface area contributed by atoms with Crippen molar-refractivity contribution in [3.8, 4) is 0 Å². The van der Waals surface area contributed by atoms with Crippen LogP contribution in [-0.4, -0.2) is 10.5 Å². The number of halogens is 3. The van der Waals surface area contributed by atoms with Gasteiger partial charge in [-0.1, -0.05) is 6.07 Å². The van der Waals surface area contributed by atoms with Crippen molar-refractivity contribution in [3.05, 3.63) is 53.9 Å². The number of rotatable bonds is 2. The van der Waals surface area contributed by atoms with Crippen LogP contribution in [0.15, 0.2) is 42.6 Å². The van der Waals surface area contributed by atoms with E-state index >= 15 is 0 Å². The SMILES string of the molecule is Cn1cccc1C(=O)Nc1cccc(C(F)(F)F)c1. The number of hydrogen-bond acceptors (Lipinski definition) is 1. The molecule has 1 aromatic heterocycles. The Morgan fingerprint density at radius 1 is 1.21 bits per heavy atom. The Hall–Kier alpha value is -2.24. The minimum Gasteiger partial charge on any atom is -0.347 e. The number of aromatic nitrogens is 1. The molecule has 1 amide bonds. The quantitative estimate of drug-likeness (QED) is 0.890. The Labute approximate surface area is 107 Å². The fraction of sp³-hybridized carbons (Fsp3) is 0.154. The summed E-state index contributed by atoms with van der Waals surface area (Å²) in [4.78, 5) is 11.8. The van der Waals surface area contributed by atoms with E-state index in [0.29, 0.717) is 5.69 Å². The summed E-state index contributed by atoms with van der Waals surface area (Å²) in [5, 5.41) is 2.44. The standard InChI is InChI=1S/C13H11F3N2O/c1-18-7-3-6-11(18)12(19)17-10-5-2-4-9(8-10)13(14,15)16/h2-8H,1H3,(H,17,19). The lowest BCUT2D eigenvalue weighted by Gasteiger charge is -2.10. The third kappa shape index (κ3) is 2.96. The zero-order valence-corrected chi connectivity index (χ0v) is 10.0. The van der Waals surface area contributed by atoms with Crippen molar-refractivity contribution in [2.24, 2.45) is 7.05 Å². The molecule has 6 heteroatoms. The van der Waals surface area contributed by atoms with Crippen LogP contribution >= 0.6 is 0 Å². The lowest BCUT2D eigenvalue weighted by molar-refractivity contribution is -0.137. The number of carbonyl (C=O) groups is 1. The van der Waals surface area contributed by atoms with Crippen LogP contribution in [0.25, 0.3) is 0 Å². The number of nitrogens with zero attached hydrogens (tertiary/aromatic N) is 1. The molecule has 0 fully saturated rings. The van der Waals surface area contributed by atoms with Crippen LogP contribution in [0.2, 0.25) is 0 Å². The van der Waals surface area contributed by atoms with E-state index in [1.807, 2.05) is 0 Å².